The summed E-state index contributed by atoms with van der Waals surface area (Å²) in [5.41, 5.74) is 0. The molecule has 0 aromatic heterocycles. The average Bonchev–Trinajstić information content (AvgIpc) is 2.61. The van der Waals surface area contributed by atoms with Crippen LogP contribution in [0, 0.1) is 29.6 Å². The van der Waals surface area contributed by atoms with Crippen LogP contribution < -0.4 is 0 Å². The molecule has 0 spiro atoms. The molecule has 0 heterocycles. The molecule has 2 bridgehead atoms. The van der Waals surface area contributed by atoms with E-state index in [9.17, 15) is 0 Å². The topological polar surface area (TPSA) is 0 Å². The van der Waals surface area contributed by atoms with Crippen molar-refractivity contribution in [1.29, 1.82) is 0 Å². The van der Waals surface area contributed by atoms with Crippen LogP contribution in [-0.4, -0.2) is 0 Å². The van der Waals surface area contributed by atoms with E-state index < -0.39 is 0 Å². The Balaban J connectivity index is 1.99. The van der Waals surface area contributed by atoms with E-state index in [1.54, 1.807) is 0 Å². The lowest BCUT2D eigenvalue weighted by Gasteiger charge is -2.19. The molecule has 0 amide bonds. The highest BCUT2D eigenvalue weighted by atomic mass is 14.5. The molecule has 11 heavy (non-hydrogen) atoms. The number of rotatable bonds is 0. The first-order chi connectivity index (χ1) is 5.38. The van der Waals surface area contributed by atoms with Gasteiger partial charge < -0.3 is 0 Å². The second kappa shape index (κ2) is 1.91. The first-order valence-corrected chi connectivity index (χ1v) is 5.06. The summed E-state index contributed by atoms with van der Waals surface area (Å²) in [6, 6.07) is 0. The van der Waals surface area contributed by atoms with Gasteiger partial charge in [-0.15, -0.1) is 0 Å². The molecule has 0 aromatic rings. The van der Waals surface area contributed by atoms with Gasteiger partial charge in [0.1, 0.15) is 0 Å². The fourth-order valence-electron chi connectivity index (χ4n) is 3.90. The predicted molar refractivity (Wildman–Crippen MR) is 46.1 cm³/mol. The lowest BCUT2D eigenvalue weighted by molar-refractivity contribution is 0.364. The summed E-state index contributed by atoms with van der Waals surface area (Å²) in [5, 5.41) is 0. The summed E-state index contributed by atoms with van der Waals surface area (Å²) >= 11 is 0. The Morgan fingerprint density at radius 2 is 1.55 bits per heavy atom. The van der Waals surface area contributed by atoms with Crippen molar-refractivity contribution in [1.82, 2.24) is 0 Å². The molecule has 0 aromatic carbocycles. The minimum atomic E-state index is 0.979. The maximum Gasteiger partial charge on any atom is -0.0171 e. The largest absolute Gasteiger partial charge is 0.0845 e. The van der Waals surface area contributed by atoms with E-state index in [2.05, 4.69) is 19.1 Å². The summed E-state index contributed by atoms with van der Waals surface area (Å²) in [6.07, 6.45) is 9.57. The standard InChI is InChI=1S/C11H16/c1-7-8-5-6-9(7)11-4-2-3-10(8)11/h5-11H,2-4H2,1H3. The second-order valence-electron chi connectivity index (χ2n) is 4.66. The van der Waals surface area contributed by atoms with Crippen LogP contribution in [0.3, 0.4) is 0 Å². The molecule has 2 fully saturated rings. The number of fused-ring (bicyclic) bond motifs is 5. The van der Waals surface area contributed by atoms with E-state index in [4.69, 9.17) is 0 Å². The summed E-state index contributed by atoms with van der Waals surface area (Å²) in [4.78, 5) is 0. The smallest absolute Gasteiger partial charge is 0.0171 e. The molecule has 3 aliphatic rings. The van der Waals surface area contributed by atoms with Crippen LogP contribution in [0.1, 0.15) is 26.2 Å². The van der Waals surface area contributed by atoms with Gasteiger partial charge in [0.2, 0.25) is 0 Å². The van der Waals surface area contributed by atoms with Crippen LogP contribution in [0.25, 0.3) is 0 Å². The molecule has 0 saturated heterocycles. The number of allylic oxidation sites excluding steroid dienone is 2. The van der Waals surface area contributed by atoms with Crippen molar-refractivity contribution in [3.63, 3.8) is 0 Å². The van der Waals surface area contributed by atoms with Crippen LogP contribution in [-0.2, 0) is 0 Å². The molecule has 3 aliphatic carbocycles. The van der Waals surface area contributed by atoms with E-state index >= 15 is 0 Å². The molecule has 0 heteroatoms. The molecule has 2 saturated carbocycles. The van der Waals surface area contributed by atoms with Gasteiger partial charge in [0.15, 0.2) is 0 Å². The summed E-state index contributed by atoms with van der Waals surface area (Å²) < 4.78 is 0. The predicted octanol–water partition coefficient (Wildman–Crippen LogP) is 2.85. The molecule has 3 rings (SSSR count). The molecular formula is C11H16. The van der Waals surface area contributed by atoms with Crippen molar-refractivity contribution in [3.05, 3.63) is 12.2 Å². The van der Waals surface area contributed by atoms with Crippen molar-refractivity contribution >= 4 is 0 Å². The van der Waals surface area contributed by atoms with E-state index in [1.807, 2.05) is 0 Å². The van der Waals surface area contributed by atoms with Gasteiger partial charge in [0.25, 0.3) is 0 Å². The Morgan fingerprint density at radius 3 is 2.09 bits per heavy atom. The van der Waals surface area contributed by atoms with E-state index in [1.165, 1.54) is 19.3 Å². The second-order valence-corrected chi connectivity index (χ2v) is 4.66. The normalized spacial score (nSPS) is 58.8. The van der Waals surface area contributed by atoms with Crippen molar-refractivity contribution in [2.75, 3.05) is 0 Å². The Hall–Kier alpha value is -0.260. The van der Waals surface area contributed by atoms with Gasteiger partial charge in [-0.2, -0.15) is 0 Å². The van der Waals surface area contributed by atoms with Crippen LogP contribution in [0.15, 0.2) is 12.2 Å². The van der Waals surface area contributed by atoms with Gasteiger partial charge in [0, 0.05) is 0 Å². The first-order valence-electron chi connectivity index (χ1n) is 5.06. The third-order valence-electron chi connectivity index (χ3n) is 4.38. The van der Waals surface area contributed by atoms with Crippen molar-refractivity contribution in [2.45, 2.75) is 26.2 Å². The van der Waals surface area contributed by atoms with Gasteiger partial charge >= 0.3 is 0 Å². The quantitative estimate of drug-likeness (QED) is 0.463. The Labute approximate surface area is 68.7 Å². The SMILES string of the molecule is CC1C2C=CC1C1CCCC21. The molecular weight excluding hydrogens is 132 g/mol. The Kier molecular flexibility index (Phi) is 1.09. The van der Waals surface area contributed by atoms with Gasteiger partial charge in [-0.3, -0.25) is 0 Å². The van der Waals surface area contributed by atoms with Gasteiger partial charge in [-0.25, -0.2) is 0 Å². The zero-order chi connectivity index (χ0) is 7.42. The lowest BCUT2D eigenvalue weighted by atomic mass is 9.86. The minimum absolute atomic E-state index is 0.979. The highest BCUT2D eigenvalue weighted by molar-refractivity contribution is 5.17. The first kappa shape index (κ1) is 6.28. The van der Waals surface area contributed by atoms with Crippen LogP contribution in [0.2, 0.25) is 0 Å². The van der Waals surface area contributed by atoms with Crippen LogP contribution >= 0.6 is 0 Å². The lowest BCUT2D eigenvalue weighted by Crippen LogP contribution is -2.12. The molecule has 0 N–H and O–H groups in total. The van der Waals surface area contributed by atoms with E-state index in [-0.39, 0.29) is 0 Å². The molecule has 0 aliphatic heterocycles. The average molecular weight is 148 g/mol. The molecule has 60 valence electrons. The van der Waals surface area contributed by atoms with Crippen LogP contribution in [0.4, 0.5) is 0 Å². The van der Waals surface area contributed by atoms with E-state index in [0.717, 1.165) is 29.6 Å². The molecule has 0 nitrogen and oxygen atoms in total. The highest BCUT2D eigenvalue weighted by Crippen LogP contribution is 2.58. The fraction of sp³-hybridized carbons (Fsp3) is 0.818. The minimum Gasteiger partial charge on any atom is -0.0845 e. The monoisotopic (exact) mass is 148 g/mol. The molecule has 4 atom stereocenters. The fourth-order valence-corrected chi connectivity index (χ4v) is 3.90. The highest BCUT2D eigenvalue weighted by Gasteiger charge is 2.50. The summed E-state index contributed by atoms with van der Waals surface area (Å²) in [7, 11) is 0. The van der Waals surface area contributed by atoms with Crippen LogP contribution in [0.5, 0.6) is 0 Å². The van der Waals surface area contributed by atoms with Crippen molar-refractivity contribution in [2.24, 2.45) is 29.6 Å². The van der Waals surface area contributed by atoms with Gasteiger partial charge in [-0.1, -0.05) is 25.5 Å². The number of hydrogen-bond donors (Lipinski definition) is 0. The number of hydrogen-bond acceptors (Lipinski definition) is 0. The molecule has 4 unspecified atom stereocenters. The maximum absolute atomic E-state index is 2.50. The van der Waals surface area contributed by atoms with Crippen molar-refractivity contribution < 1.29 is 0 Å². The van der Waals surface area contributed by atoms with E-state index in [0.29, 0.717) is 0 Å². The van der Waals surface area contributed by atoms with Crippen molar-refractivity contribution in [3.8, 4) is 0 Å². The Morgan fingerprint density at radius 1 is 1.00 bits per heavy atom. The summed E-state index contributed by atoms with van der Waals surface area (Å²) in [6.45, 7) is 2.45. The van der Waals surface area contributed by atoms with Gasteiger partial charge in [-0.05, 0) is 42.4 Å². The van der Waals surface area contributed by atoms with Gasteiger partial charge in [0.05, 0.1) is 0 Å². The Bertz CT molecular complexity index is 184. The maximum atomic E-state index is 2.50. The third-order valence-corrected chi connectivity index (χ3v) is 4.38. The zero-order valence-electron chi connectivity index (χ0n) is 7.16. The zero-order valence-corrected chi connectivity index (χ0v) is 7.16. The third kappa shape index (κ3) is 0.617. The molecule has 0 radical (unpaired) electrons. The summed E-state index contributed by atoms with van der Waals surface area (Å²) in [5.74, 6) is 5.14.